The summed E-state index contributed by atoms with van der Waals surface area (Å²) in [6, 6.07) is 0. The Hall–Kier alpha value is -0.540. The fourth-order valence-electron chi connectivity index (χ4n) is 1.26. The number of hydrogen-bond donors (Lipinski definition) is 1. The molecule has 1 aromatic heterocycles. The molecule has 0 radical (unpaired) electrons. The Morgan fingerprint density at radius 1 is 1.69 bits per heavy atom. The average Bonchev–Trinajstić information content (AvgIpc) is 2.48. The van der Waals surface area contributed by atoms with Crippen molar-refractivity contribution in [1.82, 2.24) is 9.78 Å². The highest BCUT2D eigenvalue weighted by Crippen LogP contribution is 2.06. The van der Waals surface area contributed by atoms with Crippen LogP contribution in [0.4, 0.5) is 0 Å². The van der Waals surface area contributed by atoms with Crippen LogP contribution in [0.1, 0.15) is 18.4 Å². The molecule has 0 aliphatic heterocycles. The summed E-state index contributed by atoms with van der Waals surface area (Å²) in [5.74, 6) is 0.615. The molecular formula is C9H15ClN2O. The lowest BCUT2D eigenvalue weighted by Gasteiger charge is -2.06. The van der Waals surface area contributed by atoms with Gasteiger partial charge in [0.15, 0.2) is 0 Å². The third-order valence-electron chi connectivity index (χ3n) is 1.90. The van der Waals surface area contributed by atoms with Gasteiger partial charge in [0.2, 0.25) is 0 Å². The van der Waals surface area contributed by atoms with E-state index in [4.69, 9.17) is 11.6 Å². The van der Waals surface area contributed by atoms with Crippen LogP contribution in [0, 0.1) is 0 Å². The summed E-state index contributed by atoms with van der Waals surface area (Å²) in [4.78, 5) is 0. The monoisotopic (exact) mass is 202 g/mol. The van der Waals surface area contributed by atoms with Gasteiger partial charge in [0.25, 0.3) is 0 Å². The molecule has 0 saturated heterocycles. The maximum Gasteiger partial charge on any atom is 0.0582 e. The standard InChI is InChI=1S/C9H15ClN2O/c1-12-7-8(6-11-12)5-9(13)3-2-4-10/h6-7,9,13H,2-5H2,1H3. The molecule has 0 bridgehead atoms. The average molecular weight is 203 g/mol. The molecule has 3 nitrogen and oxygen atoms in total. The van der Waals surface area contributed by atoms with Crippen molar-refractivity contribution in [2.24, 2.45) is 7.05 Å². The summed E-state index contributed by atoms with van der Waals surface area (Å²) in [5, 5.41) is 13.6. The summed E-state index contributed by atoms with van der Waals surface area (Å²) in [5.41, 5.74) is 1.07. The number of halogens is 1. The zero-order chi connectivity index (χ0) is 9.68. The van der Waals surface area contributed by atoms with Crippen molar-refractivity contribution in [3.63, 3.8) is 0 Å². The Balaban J connectivity index is 2.31. The second-order valence-electron chi connectivity index (χ2n) is 3.21. The molecule has 0 fully saturated rings. The van der Waals surface area contributed by atoms with Crippen LogP contribution in [-0.2, 0) is 13.5 Å². The number of rotatable bonds is 5. The minimum Gasteiger partial charge on any atom is -0.393 e. The second-order valence-corrected chi connectivity index (χ2v) is 3.59. The van der Waals surface area contributed by atoms with Crippen LogP contribution >= 0.6 is 11.6 Å². The number of nitrogens with zero attached hydrogens (tertiary/aromatic N) is 2. The van der Waals surface area contributed by atoms with E-state index in [1.807, 2.05) is 13.2 Å². The fourth-order valence-corrected chi connectivity index (χ4v) is 1.42. The van der Waals surface area contributed by atoms with Crippen LogP contribution < -0.4 is 0 Å². The molecule has 1 atom stereocenters. The summed E-state index contributed by atoms with van der Waals surface area (Å²) in [6.07, 6.45) is 5.71. The number of aromatic nitrogens is 2. The van der Waals surface area contributed by atoms with Crippen LogP contribution in [0.5, 0.6) is 0 Å². The Morgan fingerprint density at radius 2 is 2.46 bits per heavy atom. The van der Waals surface area contributed by atoms with E-state index in [0.29, 0.717) is 12.3 Å². The third-order valence-corrected chi connectivity index (χ3v) is 2.17. The zero-order valence-electron chi connectivity index (χ0n) is 7.78. The molecule has 0 amide bonds. The lowest BCUT2D eigenvalue weighted by molar-refractivity contribution is 0.164. The lowest BCUT2D eigenvalue weighted by Crippen LogP contribution is -2.09. The molecule has 4 heteroatoms. The minimum absolute atomic E-state index is 0.289. The number of aliphatic hydroxyl groups is 1. The topological polar surface area (TPSA) is 38.0 Å². The van der Waals surface area contributed by atoms with E-state index in [0.717, 1.165) is 18.4 Å². The molecule has 0 aliphatic rings. The first-order valence-electron chi connectivity index (χ1n) is 4.44. The Bertz CT molecular complexity index is 250. The molecule has 74 valence electrons. The van der Waals surface area contributed by atoms with E-state index < -0.39 is 0 Å². The molecule has 1 N–H and O–H groups in total. The first-order valence-corrected chi connectivity index (χ1v) is 4.97. The van der Waals surface area contributed by atoms with E-state index >= 15 is 0 Å². The predicted octanol–water partition coefficient (Wildman–Crippen LogP) is 1.34. The van der Waals surface area contributed by atoms with Gasteiger partial charge in [-0.05, 0) is 18.4 Å². The quantitative estimate of drug-likeness (QED) is 0.732. The van der Waals surface area contributed by atoms with Crippen molar-refractivity contribution in [2.45, 2.75) is 25.4 Å². The number of aryl methyl sites for hydroxylation is 1. The molecule has 1 rings (SSSR count). The normalized spacial score (nSPS) is 13.2. The lowest BCUT2D eigenvalue weighted by atomic mass is 10.1. The van der Waals surface area contributed by atoms with E-state index in [2.05, 4.69) is 5.10 Å². The Morgan fingerprint density at radius 3 is 3.00 bits per heavy atom. The van der Waals surface area contributed by atoms with Crippen molar-refractivity contribution in [3.05, 3.63) is 18.0 Å². The third kappa shape index (κ3) is 3.79. The van der Waals surface area contributed by atoms with Crippen molar-refractivity contribution >= 4 is 11.6 Å². The fraction of sp³-hybridized carbons (Fsp3) is 0.667. The molecule has 0 aromatic carbocycles. The van der Waals surface area contributed by atoms with Gasteiger partial charge >= 0.3 is 0 Å². The van der Waals surface area contributed by atoms with Crippen LogP contribution in [-0.4, -0.2) is 26.9 Å². The number of aliphatic hydroxyl groups excluding tert-OH is 1. The minimum atomic E-state index is -0.289. The summed E-state index contributed by atoms with van der Waals surface area (Å²) >= 11 is 5.53. The predicted molar refractivity (Wildman–Crippen MR) is 52.9 cm³/mol. The van der Waals surface area contributed by atoms with Gasteiger partial charge in [0.05, 0.1) is 12.3 Å². The molecule has 13 heavy (non-hydrogen) atoms. The Labute approximate surface area is 83.3 Å². The molecule has 0 spiro atoms. The highest BCUT2D eigenvalue weighted by molar-refractivity contribution is 6.17. The smallest absolute Gasteiger partial charge is 0.0582 e. The highest BCUT2D eigenvalue weighted by Gasteiger charge is 2.06. The number of hydrogen-bond acceptors (Lipinski definition) is 2. The molecule has 0 saturated carbocycles. The van der Waals surface area contributed by atoms with Gasteiger partial charge in [-0.2, -0.15) is 5.10 Å². The van der Waals surface area contributed by atoms with E-state index in [-0.39, 0.29) is 6.10 Å². The van der Waals surface area contributed by atoms with Gasteiger partial charge in [0.1, 0.15) is 0 Å². The van der Waals surface area contributed by atoms with Gasteiger partial charge in [-0.25, -0.2) is 0 Å². The van der Waals surface area contributed by atoms with E-state index in [9.17, 15) is 5.11 Å². The van der Waals surface area contributed by atoms with Crippen LogP contribution in [0.15, 0.2) is 12.4 Å². The van der Waals surface area contributed by atoms with Gasteiger partial charge < -0.3 is 5.11 Å². The second kappa shape index (κ2) is 5.25. The first-order chi connectivity index (χ1) is 6.22. The van der Waals surface area contributed by atoms with E-state index in [1.54, 1.807) is 10.9 Å². The van der Waals surface area contributed by atoms with Gasteiger partial charge in [-0.15, -0.1) is 11.6 Å². The molecule has 1 heterocycles. The van der Waals surface area contributed by atoms with Crippen LogP contribution in [0.25, 0.3) is 0 Å². The molecule has 0 aliphatic carbocycles. The SMILES string of the molecule is Cn1cc(CC(O)CCCCl)cn1. The summed E-state index contributed by atoms with van der Waals surface area (Å²) < 4.78 is 1.74. The van der Waals surface area contributed by atoms with Gasteiger partial charge in [-0.1, -0.05) is 0 Å². The summed E-state index contributed by atoms with van der Waals surface area (Å²) in [7, 11) is 1.87. The van der Waals surface area contributed by atoms with Crippen molar-refractivity contribution in [1.29, 1.82) is 0 Å². The van der Waals surface area contributed by atoms with Gasteiger partial charge in [0, 0.05) is 25.5 Å². The molecule has 1 aromatic rings. The summed E-state index contributed by atoms with van der Waals surface area (Å²) in [6.45, 7) is 0. The van der Waals surface area contributed by atoms with Crippen molar-refractivity contribution in [2.75, 3.05) is 5.88 Å². The van der Waals surface area contributed by atoms with Crippen LogP contribution in [0.3, 0.4) is 0 Å². The largest absolute Gasteiger partial charge is 0.393 e. The zero-order valence-corrected chi connectivity index (χ0v) is 8.54. The maximum absolute atomic E-state index is 9.55. The molecule has 1 unspecified atom stereocenters. The Kier molecular flexibility index (Phi) is 4.25. The highest BCUT2D eigenvalue weighted by atomic mass is 35.5. The van der Waals surface area contributed by atoms with Crippen molar-refractivity contribution < 1.29 is 5.11 Å². The molecular weight excluding hydrogens is 188 g/mol. The maximum atomic E-state index is 9.55. The van der Waals surface area contributed by atoms with Crippen LogP contribution in [0.2, 0.25) is 0 Å². The van der Waals surface area contributed by atoms with Crippen molar-refractivity contribution in [3.8, 4) is 0 Å². The first kappa shape index (κ1) is 10.5. The number of alkyl halides is 1. The van der Waals surface area contributed by atoms with Gasteiger partial charge in [-0.3, -0.25) is 4.68 Å². The van der Waals surface area contributed by atoms with E-state index in [1.165, 1.54) is 0 Å².